The highest BCUT2D eigenvalue weighted by molar-refractivity contribution is 7.99. The van der Waals surface area contributed by atoms with Gasteiger partial charge in [0.15, 0.2) is 0 Å². The first-order chi connectivity index (χ1) is 12.3. The summed E-state index contributed by atoms with van der Waals surface area (Å²) < 4.78 is 24.8. The number of nitrogens with zero attached hydrogens (tertiary/aromatic N) is 2. The fourth-order valence-corrected chi connectivity index (χ4v) is 5.46. The number of benzene rings is 1. The Labute approximate surface area is 164 Å². The summed E-state index contributed by atoms with van der Waals surface area (Å²) in [6.07, 6.45) is 2.57. The molecular weight excluding hydrogens is 394 g/mol. The lowest BCUT2D eigenvalue weighted by atomic mass is 9.98. The van der Waals surface area contributed by atoms with E-state index in [0.29, 0.717) is 30.1 Å². The lowest BCUT2D eigenvalue weighted by molar-refractivity contribution is -0.120. The molecule has 6 nitrogen and oxygen atoms in total. The highest BCUT2D eigenvalue weighted by Crippen LogP contribution is 2.31. The Kier molecular flexibility index (Phi) is 6.37. The van der Waals surface area contributed by atoms with Crippen molar-refractivity contribution in [1.82, 2.24) is 4.31 Å². The van der Waals surface area contributed by atoms with E-state index in [1.54, 1.807) is 6.07 Å². The third kappa shape index (κ3) is 4.85. The Bertz CT molecular complexity index is 767. The molecule has 0 bridgehead atoms. The molecule has 9 heteroatoms. The number of carbonyl (C=O) groups is 1. The molecule has 1 aromatic rings. The Morgan fingerprint density at radius 2 is 2.00 bits per heavy atom. The zero-order valence-electron chi connectivity index (χ0n) is 14.8. The molecule has 0 spiro atoms. The van der Waals surface area contributed by atoms with Crippen LogP contribution in [0.4, 0.5) is 11.4 Å². The average Bonchev–Trinajstić information content (AvgIpc) is 2.62. The number of hydrogen-bond acceptors (Lipinski definition) is 5. The van der Waals surface area contributed by atoms with Gasteiger partial charge < -0.3 is 10.2 Å². The van der Waals surface area contributed by atoms with Crippen LogP contribution in [-0.2, 0) is 14.8 Å². The molecule has 2 aliphatic rings. The van der Waals surface area contributed by atoms with Gasteiger partial charge in [0.1, 0.15) is 0 Å². The van der Waals surface area contributed by atoms with Crippen LogP contribution < -0.4 is 10.2 Å². The van der Waals surface area contributed by atoms with E-state index in [2.05, 4.69) is 10.2 Å². The molecule has 1 aromatic carbocycles. The topological polar surface area (TPSA) is 69.7 Å². The first-order valence-corrected chi connectivity index (χ1v) is 12.1. The molecule has 0 saturated carbocycles. The highest BCUT2D eigenvalue weighted by Gasteiger charge is 2.30. The number of carbonyl (C=O) groups excluding carboxylic acids is 1. The van der Waals surface area contributed by atoms with E-state index in [-0.39, 0.29) is 18.4 Å². The third-order valence-electron chi connectivity index (χ3n) is 4.79. The lowest BCUT2D eigenvalue weighted by Gasteiger charge is -2.30. The number of rotatable bonds is 4. The first kappa shape index (κ1) is 19.8. The minimum Gasteiger partial charge on any atom is -0.369 e. The van der Waals surface area contributed by atoms with Crippen molar-refractivity contribution >= 4 is 50.7 Å². The van der Waals surface area contributed by atoms with E-state index >= 15 is 0 Å². The van der Waals surface area contributed by atoms with Crippen molar-refractivity contribution in [2.24, 2.45) is 5.92 Å². The van der Waals surface area contributed by atoms with Gasteiger partial charge in [0.2, 0.25) is 15.9 Å². The Morgan fingerprint density at radius 1 is 1.27 bits per heavy atom. The van der Waals surface area contributed by atoms with Gasteiger partial charge >= 0.3 is 0 Å². The van der Waals surface area contributed by atoms with Crippen LogP contribution in [0.15, 0.2) is 18.2 Å². The quantitative estimate of drug-likeness (QED) is 0.815. The molecule has 0 aromatic heterocycles. The van der Waals surface area contributed by atoms with Crippen LogP contribution in [0, 0.1) is 5.92 Å². The maximum absolute atomic E-state index is 12.5. The predicted molar refractivity (Wildman–Crippen MR) is 109 cm³/mol. The van der Waals surface area contributed by atoms with E-state index in [4.69, 9.17) is 11.6 Å². The molecule has 2 heterocycles. The van der Waals surface area contributed by atoms with E-state index < -0.39 is 10.0 Å². The van der Waals surface area contributed by atoms with E-state index in [1.807, 2.05) is 23.9 Å². The number of amides is 1. The Morgan fingerprint density at radius 3 is 2.65 bits per heavy atom. The van der Waals surface area contributed by atoms with Gasteiger partial charge in [-0.05, 0) is 31.0 Å². The maximum atomic E-state index is 12.5. The van der Waals surface area contributed by atoms with Gasteiger partial charge in [-0.2, -0.15) is 11.8 Å². The van der Waals surface area contributed by atoms with Crippen molar-refractivity contribution in [3.63, 3.8) is 0 Å². The summed E-state index contributed by atoms with van der Waals surface area (Å²) in [5, 5.41) is 3.51. The second-order valence-electron chi connectivity index (χ2n) is 6.72. The highest BCUT2D eigenvalue weighted by atomic mass is 35.5. The fraction of sp³-hybridized carbons (Fsp3) is 0.588. The summed E-state index contributed by atoms with van der Waals surface area (Å²) >= 11 is 8.37. The molecule has 0 radical (unpaired) electrons. The number of sulfonamides is 1. The standard InChI is InChI=1S/C17H24ClN3O3S2/c1-26(23,24)21-6-2-3-13(12-21)17(22)19-14-4-5-16(15(18)11-14)20-7-9-25-10-8-20/h4-5,11,13H,2-3,6-10,12H2,1H3,(H,19,22). The van der Waals surface area contributed by atoms with Crippen molar-refractivity contribution < 1.29 is 13.2 Å². The molecular formula is C17H24ClN3O3S2. The van der Waals surface area contributed by atoms with Gasteiger partial charge in [0, 0.05) is 43.4 Å². The molecule has 3 rings (SSSR count). The van der Waals surface area contributed by atoms with Crippen molar-refractivity contribution in [3.05, 3.63) is 23.2 Å². The molecule has 2 aliphatic heterocycles. The normalized spacial score (nSPS) is 22.2. The summed E-state index contributed by atoms with van der Waals surface area (Å²) in [6, 6.07) is 5.57. The van der Waals surface area contributed by atoms with Crippen molar-refractivity contribution in [2.75, 3.05) is 54.2 Å². The molecule has 1 unspecified atom stereocenters. The smallest absolute Gasteiger partial charge is 0.228 e. The SMILES string of the molecule is CS(=O)(=O)N1CCCC(C(=O)Nc2ccc(N3CCSCC3)c(Cl)c2)C1. The van der Waals surface area contributed by atoms with Crippen LogP contribution in [0.1, 0.15) is 12.8 Å². The summed E-state index contributed by atoms with van der Waals surface area (Å²) in [6.45, 7) is 2.66. The number of halogens is 1. The fourth-order valence-electron chi connectivity index (χ4n) is 3.35. The van der Waals surface area contributed by atoms with Crippen molar-refractivity contribution in [1.29, 1.82) is 0 Å². The Balaban J connectivity index is 1.65. The molecule has 144 valence electrons. The van der Waals surface area contributed by atoms with Gasteiger partial charge in [-0.15, -0.1) is 0 Å². The molecule has 1 atom stereocenters. The van der Waals surface area contributed by atoms with Crippen molar-refractivity contribution in [2.45, 2.75) is 12.8 Å². The molecule has 2 fully saturated rings. The van der Waals surface area contributed by atoms with Gasteiger partial charge in [0.05, 0.1) is 22.9 Å². The van der Waals surface area contributed by atoms with Crippen molar-refractivity contribution in [3.8, 4) is 0 Å². The predicted octanol–water partition coefficient (Wildman–Crippen LogP) is 2.50. The number of anilines is 2. The summed E-state index contributed by atoms with van der Waals surface area (Å²) in [5.74, 6) is 1.69. The minimum atomic E-state index is -3.26. The van der Waals surface area contributed by atoms with Crippen LogP contribution in [0.25, 0.3) is 0 Å². The molecule has 0 aliphatic carbocycles. The molecule has 26 heavy (non-hydrogen) atoms. The lowest BCUT2D eigenvalue weighted by Crippen LogP contribution is -2.43. The monoisotopic (exact) mass is 417 g/mol. The molecule has 1 amide bonds. The van der Waals surface area contributed by atoms with Gasteiger partial charge in [-0.25, -0.2) is 12.7 Å². The van der Waals surface area contributed by atoms with Crippen LogP contribution in [0.2, 0.25) is 5.02 Å². The zero-order chi connectivity index (χ0) is 18.7. The van der Waals surface area contributed by atoms with Crippen LogP contribution in [0.3, 0.4) is 0 Å². The summed E-state index contributed by atoms with van der Waals surface area (Å²) in [5.41, 5.74) is 1.64. The number of nitrogens with one attached hydrogen (secondary N) is 1. The zero-order valence-corrected chi connectivity index (χ0v) is 17.2. The summed E-state index contributed by atoms with van der Waals surface area (Å²) in [4.78, 5) is 14.8. The molecule has 2 saturated heterocycles. The first-order valence-electron chi connectivity index (χ1n) is 8.73. The molecule has 1 N–H and O–H groups in total. The summed E-state index contributed by atoms with van der Waals surface area (Å²) in [7, 11) is -3.26. The van der Waals surface area contributed by atoms with E-state index in [0.717, 1.165) is 30.3 Å². The van der Waals surface area contributed by atoms with Gasteiger partial charge in [-0.3, -0.25) is 4.79 Å². The van der Waals surface area contributed by atoms with Gasteiger partial charge in [0.25, 0.3) is 0 Å². The maximum Gasteiger partial charge on any atom is 0.228 e. The largest absolute Gasteiger partial charge is 0.369 e. The minimum absolute atomic E-state index is 0.156. The Hall–Kier alpha value is -0.960. The third-order valence-corrected chi connectivity index (χ3v) is 7.31. The number of hydrogen-bond donors (Lipinski definition) is 1. The second kappa shape index (κ2) is 8.37. The van der Waals surface area contributed by atoms with Crippen LogP contribution >= 0.6 is 23.4 Å². The van der Waals surface area contributed by atoms with Gasteiger partial charge in [-0.1, -0.05) is 11.6 Å². The van der Waals surface area contributed by atoms with Crippen LogP contribution in [-0.4, -0.2) is 62.6 Å². The number of thioether (sulfide) groups is 1. The second-order valence-corrected chi connectivity index (χ2v) is 10.3. The van der Waals surface area contributed by atoms with E-state index in [1.165, 1.54) is 10.6 Å². The average molecular weight is 418 g/mol. The van der Waals surface area contributed by atoms with E-state index in [9.17, 15) is 13.2 Å². The number of piperidine rings is 1. The van der Waals surface area contributed by atoms with Crippen LogP contribution in [0.5, 0.6) is 0 Å².